The van der Waals surface area contributed by atoms with Gasteiger partial charge in [-0.05, 0) is 38.1 Å². The highest BCUT2D eigenvalue weighted by molar-refractivity contribution is 5.68. The zero-order valence-corrected chi connectivity index (χ0v) is 12.3. The number of nitrogens with zero attached hydrogens (tertiary/aromatic N) is 3. The second kappa shape index (κ2) is 7.21. The maximum atomic E-state index is 11.2. The highest BCUT2D eigenvalue weighted by Crippen LogP contribution is 2.32. The molecule has 0 aliphatic carbocycles. The normalized spacial score (nSPS) is 10.1. The fourth-order valence-corrected chi connectivity index (χ4v) is 1.80. The lowest BCUT2D eigenvalue weighted by atomic mass is 10.3. The highest BCUT2D eigenvalue weighted by Gasteiger charge is 2.24. The molecule has 1 aromatic heterocycles. The Hall–Kier alpha value is -2.90. The van der Waals surface area contributed by atoms with Crippen molar-refractivity contribution in [1.82, 2.24) is 9.97 Å². The number of aromatic nitrogens is 2. The first-order valence-corrected chi connectivity index (χ1v) is 6.77. The Labute approximate surface area is 127 Å². The Balaban J connectivity index is 2.28. The number of benzene rings is 1. The zero-order valence-electron chi connectivity index (χ0n) is 12.3. The van der Waals surface area contributed by atoms with Crippen LogP contribution in [0.2, 0.25) is 0 Å². The van der Waals surface area contributed by atoms with Gasteiger partial charge in [0.15, 0.2) is 0 Å². The molecule has 0 spiro atoms. The van der Waals surface area contributed by atoms with Crippen molar-refractivity contribution >= 4 is 17.2 Å². The van der Waals surface area contributed by atoms with E-state index in [1.165, 1.54) is 6.33 Å². The second-order valence-electron chi connectivity index (χ2n) is 4.15. The van der Waals surface area contributed by atoms with Crippen molar-refractivity contribution in [2.24, 2.45) is 0 Å². The first-order chi connectivity index (χ1) is 10.7. The molecule has 0 radical (unpaired) electrons. The fraction of sp³-hybridized carbons (Fsp3) is 0.286. The third-order valence-corrected chi connectivity index (χ3v) is 2.68. The zero-order chi connectivity index (χ0) is 15.9. The second-order valence-corrected chi connectivity index (χ2v) is 4.15. The monoisotopic (exact) mass is 304 g/mol. The fourth-order valence-electron chi connectivity index (χ4n) is 1.80. The first kappa shape index (κ1) is 15.5. The average Bonchev–Trinajstić information content (AvgIpc) is 2.50. The lowest BCUT2D eigenvalue weighted by molar-refractivity contribution is -0.385. The summed E-state index contributed by atoms with van der Waals surface area (Å²) in [5.74, 6) is 0.740. The van der Waals surface area contributed by atoms with E-state index in [2.05, 4.69) is 15.3 Å². The molecule has 0 bridgehead atoms. The van der Waals surface area contributed by atoms with E-state index in [4.69, 9.17) is 9.47 Å². The van der Waals surface area contributed by atoms with Crippen LogP contribution in [0.3, 0.4) is 0 Å². The topological polar surface area (TPSA) is 99.4 Å². The minimum Gasteiger partial charge on any atom is -0.494 e. The quantitative estimate of drug-likeness (QED) is 0.620. The van der Waals surface area contributed by atoms with Gasteiger partial charge in [-0.25, -0.2) is 4.98 Å². The van der Waals surface area contributed by atoms with Gasteiger partial charge in [-0.2, -0.15) is 4.98 Å². The van der Waals surface area contributed by atoms with Gasteiger partial charge in [0, 0.05) is 5.69 Å². The van der Waals surface area contributed by atoms with Crippen LogP contribution < -0.4 is 14.8 Å². The van der Waals surface area contributed by atoms with Gasteiger partial charge in [-0.1, -0.05) is 0 Å². The Bertz CT molecular complexity index is 646. The van der Waals surface area contributed by atoms with Crippen molar-refractivity contribution in [1.29, 1.82) is 0 Å². The van der Waals surface area contributed by atoms with E-state index < -0.39 is 4.92 Å². The van der Waals surface area contributed by atoms with E-state index in [0.29, 0.717) is 12.3 Å². The maximum Gasteiger partial charge on any atom is 0.373 e. The molecule has 1 aromatic carbocycles. The molecule has 0 fully saturated rings. The minimum atomic E-state index is -0.568. The summed E-state index contributed by atoms with van der Waals surface area (Å²) in [6.07, 6.45) is 1.22. The molecule has 8 heteroatoms. The summed E-state index contributed by atoms with van der Waals surface area (Å²) < 4.78 is 10.5. The molecule has 0 aliphatic heterocycles. The summed E-state index contributed by atoms with van der Waals surface area (Å²) in [6, 6.07) is 7.03. The molecule has 1 heterocycles. The van der Waals surface area contributed by atoms with Crippen molar-refractivity contribution in [3.63, 3.8) is 0 Å². The third-order valence-electron chi connectivity index (χ3n) is 2.68. The van der Waals surface area contributed by atoms with Gasteiger partial charge in [0.05, 0.1) is 18.1 Å². The van der Waals surface area contributed by atoms with E-state index in [1.807, 2.05) is 6.92 Å². The predicted octanol–water partition coefficient (Wildman–Crippen LogP) is 2.93. The van der Waals surface area contributed by atoms with Gasteiger partial charge >= 0.3 is 5.69 Å². The smallest absolute Gasteiger partial charge is 0.373 e. The van der Waals surface area contributed by atoms with Crippen molar-refractivity contribution in [3.8, 4) is 11.6 Å². The molecule has 22 heavy (non-hydrogen) atoms. The molecule has 0 amide bonds. The Morgan fingerprint density at radius 3 is 2.41 bits per heavy atom. The van der Waals surface area contributed by atoms with E-state index >= 15 is 0 Å². The van der Waals surface area contributed by atoms with Crippen molar-refractivity contribution < 1.29 is 14.4 Å². The van der Waals surface area contributed by atoms with Gasteiger partial charge in [0.2, 0.25) is 5.82 Å². The number of anilines is 2. The number of rotatable bonds is 7. The first-order valence-electron chi connectivity index (χ1n) is 6.77. The van der Waals surface area contributed by atoms with Gasteiger partial charge in [0.1, 0.15) is 12.1 Å². The van der Waals surface area contributed by atoms with Crippen LogP contribution in [0.1, 0.15) is 13.8 Å². The van der Waals surface area contributed by atoms with Crippen LogP contribution in [0.15, 0.2) is 30.6 Å². The van der Waals surface area contributed by atoms with Gasteiger partial charge in [0.25, 0.3) is 5.88 Å². The standard InChI is InChI=1S/C14H16N4O4/c1-3-21-11-7-5-10(6-8-11)17-13-12(18(19)20)14(22-4-2)16-9-15-13/h5-9H,3-4H2,1-2H3,(H,15,16,17). The van der Waals surface area contributed by atoms with Gasteiger partial charge in [-0.3, -0.25) is 10.1 Å². The molecule has 8 nitrogen and oxygen atoms in total. The van der Waals surface area contributed by atoms with Crippen LogP contribution in [0.25, 0.3) is 0 Å². The number of ether oxygens (including phenoxy) is 2. The van der Waals surface area contributed by atoms with Crippen molar-refractivity contribution in [2.45, 2.75) is 13.8 Å². The molecule has 2 rings (SSSR count). The number of nitrogens with one attached hydrogen (secondary N) is 1. The Morgan fingerprint density at radius 1 is 1.14 bits per heavy atom. The number of hydrogen-bond donors (Lipinski definition) is 1. The third kappa shape index (κ3) is 3.60. The molecule has 0 saturated carbocycles. The molecular formula is C14H16N4O4. The lowest BCUT2D eigenvalue weighted by Gasteiger charge is -2.09. The van der Waals surface area contributed by atoms with Crippen LogP contribution >= 0.6 is 0 Å². The van der Waals surface area contributed by atoms with Crippen molar-refractivity contribution in [2.75, 3.05) is 18.5 Å². The van der Waals surface area contributed by atoms with E-state index in [9.17, 15) is 10.1 Å². The Kier molecular flexibility index (Phi) is 5.07. The van der Waals surface area contributed by atoms with Crippen LogP contribution in [0, 0.1) is 10.1 Å². The van der Waals surface area contributed by atoms with Crippen LogP contribution in [-0.4, -0.2) is 28.1 Å². The molecule has 2 aromatic rings. The minimum absolute atomic E-state index is 0.0593. The van der Waals surface area contributed by atoms with Crippen molar-refractivity contribution in [3.05, 3.63) is 40.7 Å². The molecule has 116 valence electrons. The van der Waals surface area contributed by atoms with E-state index in [0.717, 1.165) is 5.75 Å². The van der Waals surface area contributed by atoms with Crippen LogP contribution in [0.4, 0.5) is 17.2 Å². The highest BCUT2D eigenvalue weighted by atomic mass is 16.6. The SMILES string of the molecule is CCOc1ccc(Nc2ncnc(OCC)c2[N+](=O)[O-])cc1. The van der Waals surface area contributed by atoms with E-state index in [-0.39, 0.29) is 24.0 Å². The van der Waals surface area contributed by atoms with E-state index in [1.54, 1.807) is 31.2 Å². The lowest BCUT2D eigenvalue weighted by Crippen LogP contribution is -2.05. The van der Waals surface area contributed by atoms with Gasteiger partial charge < -0.3 is 14.8 Å². The van der Waals surface area contributed by atoms with Crippen LogP contribution in [0.5, 0.6) is 11.6 Å². The molecule has 0 unspecified atom stereocenters. The molecule has 0 atom stereocenters. The molecule has 0 aliphatic rings. The largest absolute Gasteiger partial charge is 0.494 e. The number of nitro groups is 1. The Morgan fingerprint density at radius 2 is 1.82 bits per heavy atom. The van der Waals surface area contributed by atoms with Crippen LogP contribution in [-0.2, 0) is 0 Å². The number of hydrogen-bond acceptors (Lipinski definition) is 7. The average molecular weight is 304 g/mol. The summed E-state index contributed by atoms with van der Waals surface area (Å²) in [6.45, 7) is 4.47. The summed E-state index contributed by atoms with van der Waals surface area (Å²) >= 11 is 0. The molecule has 0 saturated heterocycles. The summed E-state index contributed by atoms with van der Waals surface area (Å²) in [7, 11) is 0. The summed E-state index contributed by atoms with van der Waals surface area (Å²) in [5, 5.41) is 14.1. The predicted molar refractivity (Wildman–Crippen MR) is 80.7 cm³/mol. The van der Waals surface area contributed by atoms with Gasteiger partial charge in [-0.15, -0.1) is 0 Å². The maximum absolute atomic E-state index is 11.2. The molecule has 1 N–H and O–H groups in total. The summed E-state index contributed by atoms with van der Waals surface area (Å²) in [4.78, 5) is 18.4. The molecular weight excluding hydrogens is 288 g/mol. The summed E-state index contributed by atoms with van der Waals surface area (Å²) in [5.41, 5.74) is 0.353.